The smallest absolute Gasteiger partial charge is 0.343 e. The van der Waals surface area contributed by atoms with Crippen LogP contribution < -0.4 is 5.32 Å². The van der Waals surface area contributed by atoms with Gasteiger partial charge in [-0.2, -0.15) is 0 Å². The fourth-order valence-electron chi connectivity index (χ4n) is 3.03. The maximum atomic E-state index is 13.1. The third-order valence-corrected chi connectivity index (χ3v) is 4.42. The van der Waals surface area contributed by atoms with Gasteiger partial charge in [-0.25, -0.2) is 4.79 Å². The monoisotopic (exact) mass is 373 g/mol. The molecule has 0 radical (unpaired) electrons. The average Bonchev–Trinajstić information content (AvgIpc) is 2.74. The highest BCUT2D eigenvalue weighted by molar-refractivity contribution is 6.27. The van der Waals surface area contributed by atoms with E-state index < -0.39 is 5.97 Å². The number of hydrogen-bond acceptors (Lipinski definition) is 4. The Kier molecular flexibility index (Phi) is 6.58. The minimum atomic E-state index is -0.618. The van der Waals surface area contributed by atoms with Crippen LogP contribution in [-0.2, 0) is 16.0 Å². The summed E-state index contributed by atoms with van der Waals surface area (Å²) in [5.74, 6) is -0.963. The van der Waals surface area contributed by atoms with Crippen LogP contribution in [0.2, 0.25) is 0 Å². The third kappa shape index (κ3) is 4.65. The molecule has 0 heterocycles. The molecule has 0 aromatic heterocycles. The molecule has 0 fully saturated rings. The zero-order valence-corrected chi connectivity index (χ0v) is 15.9. The number of ketones is 1. The van der Waals surface area contributed by atoms with E-state index in [1.165, 1.54) is 11.8 Å². The second-order valence-corrected chi connectivity index (χ2v) is 6.32. The van der Waals surface area contributed by atoms with Gasteiger partial charge in [-0.3, -0.25) is 4.79 Å². The lowest BCUT2D eigenvalue weighted by atomic mass is 9.97. The van der Waals surface area contributed by atoms with Crippen LogP contribution in [0.15, 0.2) is 84.6 Å². The molecular formula is C24H23NO3. The van der Waals surface area contributed by atoms with E-state index in [-0.39, 0.29) is 18.0 Å². The minimum Gasteiger partial charge on any atom is -0.462 e. The van der Waals surface area contributed by atoms with Crippen molar-refractivity contribution in [2.45, 2.75) is 13.3 Å². The summed E-state index contributed by atoms with van der Waals surface area (Å²) in [6, 6.07) is 23.1. The molecule has 0 amide bonds. The van der Waals surface area contributed by atoms with Crippen LogP contribution in [0.4, 0.5) is 0 Å². The first-order valence-electron chi connectivity index (χ1n) is 9.37. The lowest BCUT2D eigenvalue weighted by Gasteiger charge is -2.10. The van der Waals surface area contributed by atoms with Crippen molar-refractivity contribution in [1.82, 2.24) is 5.32 Å². The van der Waals surface area contributed by atoms with Crippen molar-refractivity contribution in [3.05, 3.63) is 95.7 Å². The van der Waals surface area contributed by atoms with Crippen LogP contribution in [0.3, 0.4) is 0 Å². The number of esters is 1. The van der Waals surface area contributed by atoms with Crippen molar-refractivity contribution in [3.8, 4) is 0 Å². The van der Waals surface area contributed by atoms with Crippen LogP contribution in [0, 0.1) is 0 Å². The Morgan fingerprint density at radius 1 is 0.929 bits per heavy atom. The van der Waals surface area contributed by atoms with Crippen LogP contribution in [0.5, 0.6) is 0 Å². The standard InChI is InChI=1S/C24H23NO3/c1-2-28-24(27)22(17-25-16-15-18-9-4-3-5-10-18)23(26)21-14-8-12-19-11-6-7-13-20(19)21/h3-14,17,25H,2,15-16H2,1H3. The van der Waals surface area contributed by atoms with Crippen LogP contribution >= 0.6 is 0 Å². The third-order valence-electron chi connectivity index (χ3n) is 4.42. The molecule has 3 aromatic rings. The highest BCUT2D eigenvalue weighted by atomic mass is 16.5. The van der Waals surface area contributed by atoms with E-state index in [2.05, 4.69) is 5.32 Å². The predicted octanol–water partition coefficient (Wildman–Crippen LogP) is 4.30. The molecule has 0 atom stereocenters. The zero-order chi connectivity index (χ0) is 19.8. The molecule has 0 unspecified atom stereocenters. The number of ether oxygens (including phenoxy) is 1. The van der Waals surface area contributed by atoms with E-state index in [4.69, 9.17) is 4.74 Å². The first-order valence-corrected chi connectivity index (χ1v) is 9.37. The van der Waals surface area contributed by atoms with E-state index in [1.807, 2.05) is 66.7 Å². The molecule has 0 aliphatic rings. The van der Waals surface area contributed by atoms with E-state index in [0.29, 0.717) is 12.1 Å². The molecule has 0 spiro atoms. The van der Waals surface area contributed by atoms with Gasteiger partial charge >= 0.3 is 5.97 Å². The van der Waals surface area contributed by atoms with Gasteiger partial charge in [0, 0.05) is 18.3 Å². The lowest BCUT2D eigenvalue weighted by Crippen LogP contribution is -2.21. The van der Waals surface area contributed by atoms with Crippen LogP contribution in [0.1, 0.15) is 22.8 Å². The lowest BCUT2D eigenvalue weighted by molar-refractivity contribution is -0.138. The van der Waals surface area contributed by atoms with E-state index in [0.717, 1.165) is 17.2 Å². The molecule has 4 nitrogen and oxygen atoms in total. The summed E-state index contributed by atoms with van der Waals surface area (Å²) >= 11 is 0. The maximum absolute atomic E-state index is 13.1. The molecule has 28 heavy (non-hydrogen) atoms. The SMILES string of the molecule is CCOC(=O)C(=CNCCc1ccccc1)C(=O)c1cccc2ccccc12. The second-order valence-electron chi connectivity index (χ2n) is 6.32. The quantitative estimate of drug-likeness (QED) is 0.160. The highest BCUT2D eigenvalue weighted by Crippen LogP contribution is 2.21. The van der Waals surface area contributed by atoms with Crippen molar-refractivity contribution in [1.29, 1.82) is 0 Å². The fraction of sp³-hybridized carbons (Fsp3) is 0.167. The summed E-state index contributed by atoms with van der Waals surface area (Å²) in [6.07, 6.45) is 2.26. The Morgan fingerprint density at radius 2 is 1.64 bits per heavy atom. The number of fused-ring (bicyclic) bond motifs is 1. The molecule has 0 saturated heterocycles. The van der Waals surface area contributed by atoms with Gasteiger partial charge in [-0.1, -0.05) is 72.8 Å². The van der Waals surface area contributed by atoms with Gasteiger partial charge in [0.05, 0.1) is 6.61 Å². The molecule has 0 saturated carbocycles. The van der Waals surface area contributed by atoms with Gasteiger partial charge in [0.1, 0.15) is 5.57 Å². The van der Waals surface area contributed by atoms with Gasteiger partial charge in [0.25, 0.3) is 0 Å². The van der Waals surface area contributed by atoms with E-state index in [1.54, 1.807) is 13.0 Å². The van der Waals surface area contributed by atoms with Gasteiger partial charge in [0.15, 0.2) is 0 Å². The van der Waals surface area contributed by atoms with Crippen molar-refractivity contribution in [2.75, 3.05) is 13.2 Å². The second kappa shape index (κ2) is 9.51. The number of rotatable bonds is 8. The molecule has 0 aliphatic heterocycles. The Bertz CT molecular complexity index is 988. The Labute approximate surface area is 164 Å². The van der Waals surface area contributed by atoms with E-state index >= 15 is 0 Å². The fourth-order valence-corrected chi connectivity index (χ4v) is 3.03. The van der Waals surface area contributed by atoms with Crippen molar-refractivity contribution >= 4 is 22.5 Å². The Hall–Kier alpha value is -3.40. The summed E-state index contributed by atoms with van der Waals surface area (Å²) in [4.78, 5) is 25.5. The molecule has 142 valence electrons. The minimum absolute atomic E-state index is 0.00580. The van der Waals surface area contributed by atoms with Gasteiger partial charge in [-0.15, -0.1) is 0 Å². The summed E-state index contributed by atoms with van der Waals surface area (Å²) in [5, 5.41) is 4.86. The number of hydrogen-bond donors (Lipinski definition) is 1. The van der Waals surface area contributed by atoms with Crippen LogP contribution in [-0.4, -0.2) is 24.9 Å². The highest BCUT2D eigenvalue weighted by Gasteiger charge is 2.22. The predicted molar refractivity (Wildman–Crippen MR) is 111 cm³/mol. The molecule has 1 N–H and O–H groups in total. The van der Waals surface area contributed by atoms with Crippen molar-refractivity contribution in [3.63, 3.8) is 0 Å². The number of carbonyl (C=O) groups is 2. The largest absolute Gasteiger partial charge is 0.462 e. The number of nitrogens with one attached hydrogen (secondary N) is 1. The normalized spacial score (nSPS) is 11.2. The molecular weight excluding hydrogens is 350 g/mol. The van der Waals surface area contributed by atoms with E-state index in [9.17, 15) is 9.59 Å². The molecule has 0 bridgehead atoms. The van der Waals surface area contributed by atoms with Gasteiger partial charge in [-0.05, 0) is 29.7 Å². The van der Waals surface area contributed by atoms with Crippen LogP contribution in [0.25, 0.3) is 10.8 Å². The number of carbonyl (C=O) groups excluding carboxylic acids is 2. The molecule has 0 aliphatic carbocycles. The maximum Gasteiger partial charge on any atom is 0.343 e. The number of Topliss-reactive ketones (excluding diaryl/α,β-unsaturated/α-hetero) is 1. The molecule has 4 heteroatoms. The summed E-state index contributed by atoms with van der Waals surface area (Å²) in [7, 11) is 0. The summed E-state index contributed by atoms with van der Waals surface area (Å²) in [6.45, 7) is 2.54. The Balaban J connectivity index is 1.82. The summed E-state index contributed by atoms with van der Waals surface area (Å²) in [5.41, 5.74) is 1.68. The zero-order valence-electron chi connectivity index (χ0n) is 15.9. The Morgan fingerprint density at radius 3 is 2.43 bits per heavy atom. The first kappa shape index (κ1) is 19.4. The first-order chi connectivity index (χ1) is 13.7. The topological polar surface area (TPSA) is 55.4 Å². The summed E-state index contributed by atoms with van der Waals surface area (Å²) < 4.78 is 5.11. The molecule has 3 rings (SSSR count). The number of benzene rings is 3. The average molecular weight is 373 g/mol. The van der Waals surface area contributed by atoms with Crippen molar-refractivity contribution in [2.24, 2.45) is 0 Å². The van der Waals surface area contributed by atoms with Gasteiger partial charge < -0.3 is 10.1 Å². The van der Waals surface area contributed by atoms with Crippen molar-refractivity contribution < 1.29 is 14.3 Å². The van der Waals surface area contributed by atoms with Gasteiger partial charge in [0.2, 0.25) is 5.78 Å². The molecule has 3 aromatic carbocycles.